The summed E-state index contributed by atoms with van der Waals surface area (Å²) in [7, 11) is 0. The molecule has 0 spiro atoms. The van der Waals surface area contributed by atoms with Crippen LogP contribution >= 0.6 is 11.3 Å². The molecule has 1 aliphatic heterocycles. The van der Waals surface area contributed by atoms with Crippen molar-refractivity contribution in [3.63, 3.8) is 0 Å². The Labute approximate surface area is 128 Å². The molecule has 1 atom stereocenters. The highest BCUT2D eigenvalue weighted by molar-refractivity contribution is 7.11. The number of nitrogens with zero attached hydrogens (tertiary/aromatic N) is 1. The number of fused-ring (bicyclic) bond motifs is 1. The Morgan fingerprint density at radius 3 is 3.05 bits per heavy atom. The van der Waals surface area contributed by atoms with E-state index in [9.17, 15) is 4.79 Å². The van der Waals surface area contributed by atoms with Gasteiger partial charge in [0.15, 0.2) is 0 Å². The minimum Gasteiger partial charge on any atom is -0.343 e. The van der Waals surface area contributed by atoms with Crippen LogP contribution in [-0.2, 0) is 13.0 Å². The molecule has 1 amide bonds. The second-order valence-corrected chi connectivity index (χ2v) is 6.68. The number of benzene rings is 1. The van der Waals surface area contributed by atoms with E-state index in [0.29, 0.717) is 0 Å². The van der Waals surface area contributed by atoms with E-state index in [1.165, 1.54) is 11.1 Å². The van der Waals surface area contributed by atoms with Crippen LogP contribution in [0, 0.1) is 6.92 Å². The van der Waals surface area contributed by atoms with Gasteiger partial charge in [0.05, 0.1) is 6.04 Å². The molecule has 4 nitrogen and oxygen atoms in total. The lowest BCUT2D eigenvalue weighted by Crippen LogP contribution is -2.28. The summed E-state index contributed by atoms with van der Waals surface area (Å²) in [4.78, 5) is 17.9. The van der Waals surface area contributed by atoms with Crippen LogP contribution in [0.25, 0.3) is 0 Å². The van der Waals surface area contributed by atoms with Gasteiger partial charge in [-0.15, -0.1) is 11.3 Å². The summed E-state index contributed by atoms with van der Waals surface area (Å²) in [5, 5.41) is 7.30. The third-order valence-electron chi connectivity index (χ3n) is 3.71. The molecule has 1 unspecified atom stereocenters. The lowest BCUT2D eigenvalue weighted by molar-refractivity contribution is 0.0939. The molecule has 0 saturated heterocycles. The van der Waals surface area contributed by atoms with Crippen LogP contribution < -0.4 is 10.6 Å². The van der Waals surface area contributed by atoms with E-state index in [1.807, 2.05) is 32.2 Å². The molecule has 2 heterocycles. The van der Waals surface area contributed by atoms with Crippen molar-refractivity contribution in [2.45, 2.75) is 32.9 Å². The molecule has 0 radical (unpaired) electrons. The minimum atomic E-state index is -0.0645. The molecular formula is C16H19N3OS. The third kappa shape index (κ3) is 3.14. The molecular weight excluding hydrogens is 282 g/mol. The first kappa shape index (κ1) is 14.2. The topological polar surface area (TPSA) is 54.0 Å². The molecule has 3 rings (SSSR count). The molecule has 0 saturated carbocycles. The second-order valence-electron chi connectivity index (χ2n) is 5.41. The smallest absolute Gasteiger partial charge is 0.251 e. The van der Waals surface area contributed by atoms with Gasteiger partial charge in [0.25, 0.3) is 5.91 Å². The zero-order valence-electron chi connectivity index (χ0n) is 12.3. The average Bonchev–Trinajstić information content (AvgIpc) is 2.93. The van der Waals surface area contributed by atoms with Crippen LogP contribution in [-0.4, -0.2) is 17.4 Å². The first-order valence-electron chi connectivity index (χ1n) is 7.19. The summed E-state index contributed by atoms with van der Waals surface area (Å²) in [5.41, 5.74) is 3.29. The first-order valence-corrected chi connectivity index (χ1v) is 8.01. The molecule has 0 bridgehead atoms. The predicted octanol–water partition coefficient (Wildman–Crippen LogP) is 2.59. The van der Waals surface area contributed by atoms with E-state index in [4.69, 9.17) is 0 Å². The Hall–Kier alpha value is -1.72. The van der Waals surface area contributed by atoms with Crippen molar-refractivity contribution >= 4 is 17.2 Å². The summed E-state index contributed by atoms with van der Waals surface area (Å²) in [5.74, 6) is -0.0382. The summed E-state index contributed by atoms with van der Waals surface area (Å²) >= 11 is 1.62. The Morgan fingerprint density at radius 2 is 2.29 bits per heavy atom. The van der Waals surface area contributed by atoms with Gasteiger partial charge >= 0.3 is 0 Å². The number of amides is 1. The number of aryl methyl sites for hydroxylation is 1. The summed E-state index contributed by atoms with van der Waals surface area (Å²) in [6, 6.07) is 5.92. The highest BCUT2D eigenvalue weighted by Crippen LogP contribution is 2.20. The number of hydrogen-bond acceptors (Lipinski definition) is 4. The van der Waals surface area contributed by atoms with E-state index in [1.54, 1.807) is 11.3 Å². The molecule has 5 heteroatoms. The Bertz CT molecular complexity index is 665. The van der Waals surface area contributed by atoms with Crippen molar-refractivity contribution in [3.8, 4) is 0 Å². The Kier molecular flexibility index (Phi) is 4.03. The fourth-order valence-electron chi connectivity index (χ4n) is 2.54. The van der Waals surface area contributed by atoms with Crippen molar-refractivity contribution in [3.05, 3.63) is 51.0 Å². The number of aromatic nitrogens is 1. The Balaban J connectivity index is 1.73. The number of carbonyl (C=O) groups is 1. The molecule has 0 fully saturated rings. The zero-order chi connectivity index (χ0) is 14.8. The largest absolute Gasteiger partial charge is 0.343 e. The van der Waals surface area contributed by atoms with Crippen LogP contribution in [0.3, 0.4) is 0 Å². The van der Waals surface area contributed by atoms with Crippen LogP contribution in [0.2, 0.25) is 0 Å². The van der Waals surface area contributed by atoms with Gasteiger partial charge in [0.2, 0.25) is 0 Å². The molecule has 0 aliphatic carbocycles. The minimum absolute atomic E-state index is 0.0382. The van der Waals surface area contributed by atoms with Gasteiger partial charge < -0.3 is 10.6 Å². The number of rotatable bonds is 3. The van der Waals surface area contributed by atoms with E-state index < -0.39 is 0 Å². The maximum Gasteiger partial charge on any atom is 0.251 e. The van der Waals surface area contributed by atoms with Crippen molar-refractivity contribution < 1.29 is 4.79 Å². The van der Waals surface area contributed by atoms with E-state index >= 15 is 0 Å². The van der Waals surface area contributed by atoms with E-state index in [0.717, 1.165) is 35.0 Å². The average molecular weight is 301 g/mol. The van der Waals surface area contributed by atoms with Gasteiger partial charge in [0, 0.05) is 23.2 Å². The van der Waals surface area contributed by atoms with Crippen molar-refractivity contribution in [1.29, 1.82) is 0 Å². The third-order valence-corrected chi connectivity index (χ3v) is 4.81. The van der Waals surface area contributed by atoms with Crippen molar-refractivity contribution in [2.24, 2.45) is 0 Å². The number of nitrogens with one attached hydrogen (secondary N) is 2. The van der Waals surface area contributed by atoms with Gasteiger partial charge in [-0.3, -0.25) is 4.79 Å². The lowest BCUT2D eigenvalue weighted by atomic mass is 9.98. The molecule has 21 heavy (non-hydrogen) atoms. The van der Waals surface area contributed by atoms with Gasteiger partial charge in [-0.1, -0.05) is 6.07 Å². The SMILES string of the molecule is Cc1cnc(C(C)NC(=O)c2ccc3c(c2)CNCC3)s1. The molecule has 1 aliphatic rings. The van der Waals surface area contributed by atoms with Crippen molar-refractivity contribution in [2.75, 3.05) is 6.54 Å². The van der Waals surface area contributed by atoms with Crippen LogP contribution in [0.1, 0.15) is 44.3 Å². The van der Waals surface area contributed by atoms with Gasteiger partial charge in [-0.05, 0) is 50.1 Å². The molecule has 1 aromatic carbocycles. The maximum absolute atomic E-state index is 12.4. The van der Waals surface area contributed by atoms with E-state index in [2.05, 4.69) is 21.7 Å². The highest BCUT2D eigenvalue weighted by Gasteiger charge is 2.16. The first-order chi connectivity index (χ1) is 10.1. The summed E-state index contributed by atoms with van der Waals surface area (Å²) in [6.07, 6.45) is 2.87. The summed E-state index contributed by atoms with van der Waals surface area (Å²) < 4.78 is 0. The standard InChI is InChI=1S/C16H19N3OS/c1-10-8-18-16(21-10)11(2)19-15(20)13-4-3-12-5-6-17-9-14(12)7-13/h3-4,7-8,11,17H,5-6,9H2,1-2H3,(H,19,20). The lowest BCUT2D eigenvalue weighted by Gasteiger charge is -2.18. The zero-order valence-corrected chi connectivity index (χ0v) is 13.1. The maximum atomic E-state index is 12.4. The predicted molar refractivity (Wildman–Crippen MR) is 84.6 cm³/mol. The Morgan fingerprint density at radius 1 is 1.43 bits per heavy atom. The number of hydrogen-bond donors (Lipinski definition) is 2. The fourth-order valence-corrected chi connectivity index (χ4v) is 3.31. The van der Waals surface area contributed by atoms with Gasteiger partial charge in [-0.2, -0.15) is 0 Å². The molecule has 2 N–H and O–H groups in total. The highest BCUT2D eigenvalue weighted by atomic mass is 32.1. The monoisotopic (exact) mass is 301 g/mol. The van der Waals surface area contributed by atoms with Crippen LogP contribution in [0.4, 0.5) is 0 Å². The van der Waals surface area contributed by atoms with Crippen molar-refractivity contribution in [1.82, 2.24) is 15.6 Å². The second kappa shape index (κ2) is 5.95. The molecule has 110 valence electrons. The van der Waals surface area contributed by atoms with E-state index in [-0.39, 0.29) is 11.9 Å². The fraction of sp³-hybridized carbons (Fsp3) is 0.375. The van der Waals surface area contributed by atoms with Crippen LogP contribution in [0.5, 0.6) is 0 Å². The normalized spacial score (nSPS) is 15.3. The van der Waals surface area contributed by atoms with Gasteiger partial charge in [0.1, 0.15) is 5.01 Å². The molecule has 2 aromatic rings. The molecule has 1 aromatic heterocycles. The van der Waals surface area contributed by atoms with Gasteiger partial charge in [-0.25, -0.2) is 4.98 Å². The van der Waals surface area contributed by atoms with Crippen LogP contribution in [0.15, 0.2) is 24.4 Å². The number of carbonyl (C=O) groups excluding carboxylic acids is 1. The number of thiazole rings is 1. The summed E-state index contributed by atoms with van der Waals surface area (Å²) in [6.45, 7) is 5.85. The quantitative estimate of drug-likeness (QED) is 0.916.